The van der Waals surface area contributed by atoms with Crippen molar-refractivity contribution in [3.8, 4) is 0 Å². The third-order valence-electron chi connectivity index (χ3n) is 3.71. The fraction of sp³-hybridized carbons (Fsp3) is 0.571. The van der Waals surface area contributed by atoms with Gasteiger partial charge in [-0.15, -0.1) is 0 Å². The monoisotopic (exact) mass is 379 g/mol. The van der Waals surface area contributed by atoms with Gasteiger partial charge in [-0.3, -0.25) is 0 Å². The van der Waals surface area contributed by atoms with E-state index >= 15 is 0 Å². The highest BCUT2D eigenvalue weighted by atomic mass is 79.9. The number of rotatable bonds is 3. The van der Waals surface area contributed by atoms with Crippen LogP contribution in [0.15, 0.2) is 27.6 Å². The van der Waals surface area contributed by atoms with Crippen molar-refractivity contribution in [2.45, 2.75) is 50.5 Å². The molecule has 0 amide bonds. The molecule has 1 aromatic carbocycles. The SMILES string of the molecule is CC1(C)CCCC(NS(=O)(=O)c2ccc(Br)cc2Cl)C1. The van der Waals surface area contributed by atoms with Gasteiger partial charge in [-0.05, 0) is 42.9 Å². The molecule has 0 bridgehead atoms. The Labute approximate surface area is 134 Å². The van der Waals surface area contributed by atoms with E-state index in [1.54, 1.807) is 12.1 Å². The molecule has 2 rings (SSSR count). The smallest absolute Gasteiger partial charge is 0.208 e. The van der Waals surface area contributed by atoms with Gasteiger partial charge in [0.05, 0.1) is 5.02 Å². The average molecular weight is 381 g/mol. The number of nitrogens with one attached hydrogen (secondary N) is 1. The molecule has 1 aromatic rings. The predicted octanol–water partition coefficient (Wildman–Crippen LogP) is 4.35. The predicted molar refractivity (Wildman–Crippen MR) is 85.5 cm³/mol. The van der Waals surface area contributed by atoms with Crippen molar-refractivity contribution < 1.29 is 8.42 Å². The van der Waals surface area contributed by atoms with Crippen LogP contribution in [-0.2, 0) is 10.0 Å². The van der Waals surface area contributed by atoms with E-state index in [0.29, 0.717) is 0 Å². The van der Waals surface area contributed by atoms with Gasteiger partial charge >= 0.3 is 0 Å². The van der Waals surface area contributed by atoms with Crippen molar-refractivity contribution in [2.24, 2.45) is 5.41 Å². The van der Waals surface area contributed by atoms with E-state index in [0.717, 1.165) is 30.2 Å². The summed E-state index contributed by atoms with van der Waals surface area (Å²) in [5.41, 5.74) is 0.189. The molecule has 0 radical (unpaired) electrons. The molecule has 0 spiro atoms. The summed E-state index contributed by atoms with van der Waals surface area (Å²) in [5, 5.41) is 0.238. The topological polar surface area (TPSA) is 46.2 Å². The largest absolute Gasteiger partial charge is 0.242 e. The number of hydrogen-bond donors (Lipinski definition) is 1. The minimum absolute atomic E-state index is 0.0107. The second-order valence-electron chi connectivity index (χ2n) is 6.15. The number of sulfonamides is 1. The van der Waals surface area contributed by atoms with E-state index < -0.39 is 10.0 Å². The van der Waals surface area contributed by atoms with Gasteiger partial charge in [0.2, 0.25) is 10.0 Å². The fourth-order valence-electron chi connectivity index (χ4n) is 2.77. The number of halogens is 2. The molecule has 1 aliphatic carbocycles. The molecule has 1 saturated carbocycles. The quantitative estimate of drug-likeness (QED) is 0.847. The van der Waals surface area contributed by atoms with E-state index in [1.807, 2.05) is 0 Å². The van der Waals surface area contributed by atoms with Crippen LogP contribution in [0.4, 0.5) is 0 Å². The summed E-state index contributed by atoms with van der Waals surface area (Å²) in [6.45, 7) is 4.36. The second kappa shape index (κ2) is 5.95. The Morgan fingerprint density at radius 3 is 2.70 bits per heavy atom. The molecule has 0 heterocycles. The van der Waals surface area contributed by atoms with Gasteiger partial charge < -0.3 is 0 Å². The van der Waals surface area contributed by atoms with E-state index in [1.165, 1.54) is 6.07 Å². The van der Waals surface area contributed by atoms with Crippen LogP contribution in [0.5, 0.6) is 0 Å². The van der Waals surface area contributed by atoms with Crippen LogP contribution in [-0.4, -0.2) is 14.5 Å². The fourth-order valence-corrected chi connectivity index (χ4v) is 5.08. The molecule has 20 heavy (non-hydrogen) atoms. The lowest BCUT2D eigenvalue weighted by Crippen LogP contribution is -2.40. The maximum absolute atomic E-state index is 12.4. The number of benzene rings is 1. The molecular weight excluding hydrogens is 362 g/mol. The van der Waals surface area contributed by atoms with Gasteiger partial charge in [0.1, 0.15) is 4.90 Å². The molecule has 0 aliphatic heterocycles. The summed E-state index contributed by atoms with van der Waals surface area (Å²) in [7, 11) is -3.56. The maximum Gasteiger partial charge on any atom is 0.242 e. The van der Waals surface area contributed by atoms with E-state index in [9.17, 15) is 8.42 Å². The normalized spacial score (nSPS) is 22.7. The van der Waals surface area contributed by atoms with Crippen molar-refractivity contribution >= 4 is 37.6 Å². The van der Waals surface area contributed by atoms with Crippen LogP contribution in [0.3, 0.4) is 0 Å². The van der Waals surface area contributed by atoms with Gasteiger partial charge in [-0.2, -0.15) is 0 Å². The van der Waals surface area contributed by atoms with Crippen LogP contribution >= 0.6 is 27.5 Å². The van der Waals surface area contributed by atoms with Crippen LogP contribution < -0.4 is 4.72 Å². The van der Waals surface area contributed by atoms with Gasteiger partial charge in [0.15, 0.2) is 0 Å². The first-order valence-electron chi connectivity index (χ1n) is 6.67. The zero-order valence-corrected chi connectivity index (χ0v) is 14.8. The lowest BCUT2D eigenvalue weighted by atomic mass is 9.75. The second-order valence-corrected chi connectivity index (χ2v) is 9.16. The van der Waals surface area contributed by atoms with Crippen LogP contribution in [0.2, 0.25) is 5.02 Å². The molecular formula is C14H19BrClNO2S. The summed E-state index contributed by atoms with van der Waals surface area (Å²) in [6.07, 6.45) is 3.94. The molecule has 6 heteroatoms. The van der Waals surface area contributed by atoms with Crippen LogP contribution in [0.1, 0.15) is 39.5 Å². The highest BCUT2D eigenvalue weighted by Gasteiger charge is 2.31. The lowest BCUT2D eigenvalue weighted by Gasteiger charge is -2.35. The van der Waals surface area contributed by atoms with Crippen molar-refractivity contribution in [3.63, 3.8) is 0 Å². The molecule has 1 atom stereocenters. The average Bonchev–Trinajstić information content (AvgIpc) is 2.25. The summed E-state index contributed by atoms with van der Waals surface area (Å²) in [5.74, 6) is 0. The van der Waals surface area contributed by atoms with Gasteiger partial charge in [-0.1, -0.05) is 47.8 Å². The molecule has 1 aliphatic rings. The summed E-state index contributed by atoms with van der Waals surface area (Å²) < 4.78 is 28.4. The third kappa shape index (κ3) is 3.97. The van der Waals surface area contributed by atoms with Crippen LogP contribution in [0.25, 0.3) is 0 Å². The van der Waals surface area contributed by atoms with Gasteiger partial charge in [0.25, 0.3) is 0 Å². The Bertz CT molecular complexity index is 601. The first kappa shape index (κ1) is 16.3. The zero-order valence-electron chi connectivity index (χ0n) is 11.6. The van der Waals surface area contributed by atoms with Crippen molar-refractivity contribution in [1.29, 1.82) is 0 Å². The first-order chi connectivity index (χ1) is 9.20. The molecule has 1 unspecified atom stereocenters. The Morgan fingerprint density at radius 2 is 2.10 bits per heavy atom. The highest BCUT2D eigenvalue weighted by Crippen LogP contribution is 2.36. The van der Waals surface area contributed by atoms with Gasteiger partial charge in [0, 0.05) is 10.5 Å². The summed E-state index contributed by atoms with van der Waals surface area (Å²) >= 11 is 9.32. The standard InChI is InChI=1S/C14H19BrClNO2S/c1-14(2)7-3-4-11(9-14)17-20(18,19)13-6-5-10(15)8-12(13)16/h5-6,8,11,17H,3-4,7,9H2,1-2H3. The van der Waals surface area contributed by atoms with E-state index in [-0.39, 0.29) is 21.4 Å². The Morgan fingerprint density at radius 1 is 1.40 bits per heavy atom. The van der Waals surface area contributed by atoms with Crippen LogP contribution in [0, 0.1) is 5.41 Å². The molecule has 3 nitrogen and oxygen atoms in total. The lowest BCUT2D eigenvalue weighted by molar-refractivity contribution is 0.212. The molecule has 1 fully saturated rings. The summed E-state index contributed by atoms with van der Waals surface area (Å²) in [4.78, 5) is 0.144. The Kier molecular flexibility index (Phi) is 4.84. The maximum atomic E-state index is 12.4. The van der Waals surface area contributed by atoms with Crippen molar-refractivity contribution in [2.75, 3.05) is 0 Å². The van der Waals surface area contributed by atoms with E-state index in [2.05, 4.69) is 34.5 Å². The molecule has 0 aromatic heterocycles. The third-order valence-corrected chi connectivity index (χ3v) is 6.21. The molecule has 1 N–H and O–H groups in total. The van der Waals surface area contributed by atoms with Crippen molar-refractivity contribution in [3.05, 3.63) is 27.7 Å². The highest BCUT2D eigenvalue weighted by molar-refractivity contribution is 9.10. The molecule has 112 valence electrons. The van der Waals surface area contributed by atoms with E-state index in [4.69, 9.17) is 11.6 Å². The first-order valence-corrected chi connectivity index (χ1v) is 9.32. The summed E-state index contributed by atoms with van der Waals surface area (Å²) in [6, 6.07) is 4.80. The number of hydrogen-bond acceptors (Lipinski definition) is 2. The Balaban J connectivity index is 2.19. The molecule has 0 saturated heterocycles. The van der Waals surface area contributed by atoms with Crippen molar-refractivity contribution in [1.82, 2.24) is 4.72 Å². The minimum atomic E-state index is -3.56. The Hall–Kier alpha value is -0.100. The van der Waals surface area contributed by atoms with Gasteiger partial charge in [-0.25, -0.2) is 13.1 Å². The minimum Gasteiger partial charge on any atom is -0.208 e. The zero-order chi connectivity index (χ0) is 15.0.